The molecule has 0 aromatic heterocycles. The van der Waals surface area contributed by atoms with Crippen LogP contribution in [0.4, 0.5) is 0 Å². The van der Waals surface area contributed by atoms with Gasteiger partial charge in [-0.25, -0.2) is 13.2 Å². The van der Waals surface area contributed by atoms with Crippen molar-refractivity contribution in [3.8, 4) is 0 Å². The Balaban J connectivity index is 2.00. The van der Waals surface area contributed by atoms with E-state index in [0.717, 1.165) is 16.7 Å². The Morgan fingerprint density at radius 1 is 0.957 bits per heavy atom. The molecule has 122 valence electrons. The molecule has 0 fully saturated rings. The van der Waals surface area contributed by atoms with E-state index in [4.69, 9.17) is 4.74 Å². The molecule has 0 unspecified atom stereocenters. The van der Waals surface area contributed by atoms with Crippen molar-refractivity contribution >= 4 is 15.8 Å². The fourth-order valence-corrected chi connectivity index (χ4v) is 3.22. The highest BCUT2D eigenvalue weighted by atomic mass is 32.2. The zero-order chi connectivity index (χ0) is 17.0. The Labute approximate surface area is 137 Å². The molecule has 0 N–H and O–H groups in total. The number of carbonyl (C=O) groups is 1. The van der Waals surface area contributed by atoms with E-state index in [1.165, 1.54) is 6.26 Å². The van der Waals surface area contributed by atoms with Gasteiger partial charge in [0.1, 0.15) is 6.61 Å². The van der Waals surface area contributed by atoms with Gasteiger partial charge in [0.25, 0.3) is 0 Å². The molecule has 0 heterocycles. The van der Waals surface area contributed by atoms with Crippen LogP contribution in [0, 0.1) is 13.8 Å². The molecule has 0 bridgehead atoms. The van der Waals surface area contributed by atoms with E-state index in [9.17, 15) is 13.2 Å². The van der Waals surface area contributed by atoms with Crippen LogP contribution in [-0.4, -0.2) is 20.6 Å². The minimum Gasteiger partial charge on any atom is -0.457 e. The maximum Gasteiger partial charge on any atom is 0.338 e. The van der Waals surface area contributed by atoms with Crippen molar-refractivity contribution < 1.29 is 17.9 Å². The van der Waals surface area contributed by atoms with E-state index >= 15 is 0 Å². The van der Waals surface area contributed by atoms with E-state index in [1.807, 2.05) is 26.0 Å². The molecule has 0 aliphatic carbocycles. The summed E-state index contributed by atoms with van der Waals surface area (Å²) in [6, 6.07) is 12.5. The van der Waals surface area contributed by atoms with Crippen LogP contribution in [0.2, 0.25) is 0 Å². The number of rotatable bonds is 5. The van der Waals surface area contributed by atoms with E-state index in [2.05, 4.69) is 6.07 Å². The Hall–Kier alpha value is -2.14. The molecule has 0 saturated carbocycles. The highest BCUT2D eigenvalue weighted by molar-refractivity contribution is 7.89. The summed E-state index contributed by atoms with van der Waals surface area (Å²) in [6.45, 7) is 4.21. The molecular weight excluding hydrogens is 312 g/mol. The van der Waals surface area contributed by atoms with Crippen LogP contribution >= 0.6 is 0 Å². The maximum atomic E-state index is 12.0. The van der Waals surface area contributed by atoms with Gasteiger partial charge in [0.2, 0.25) is 0 Å². The Bertz CT molecular complexity index is 785. The lowest BCUT2D eigenvalue weighted by Crippen LogP contribution is -2.06. The molecule has 0 aliphatic rings. The summed E-state index contributed by atoms with van der Waals surface area (Å²) in [5.41, 5.74) is 4.26. The zero-order valence-electron chi connectivity index (χ0n) is 13.5. The monoisotopic (exact) mass is 332 g/mol. The summed E-state index contributed by atoms with van der Waals surface area (Å²) in [4.78, 5) is 12.0. The van der Waals surface area contributed by atoms with Crippen LogP contribution in [0.3, 0.4) is 0 Å². The van der Waals surface area contributed by atoms with E-state index in [-0.39, 0.29) is 12.4 Å². The lowest BCUT2D eigenvalue weighted by molar-refractivity contribution is 0.0472. The summed E-state index contributed by atoms with van der Waals surface area (Å²) >= 11 is 0. The number of hydrogen-bond acceptors (Lipinski definition) is 4. The molecular formula is C18H20O4S. The van der Waals surface area contributed by atoms with Crippen molar-refractivity contribution in [2.75, 3.05) is 6.26 Å². The second-order valence-corrected chi connectivity index (χ2v) is 7.98. The topological polar surface area (TPSA) is 60.4 Å². The predicted octanol–water partition coefficient (Wildman–Crippen LogP) is 3.21. The number of sulfone groups is 1. The number of carbonyl (C=O) groups excluding carboxylic acids is 1. The first-order chi connectivity index (χ1) is 10.7. The van der Waals surface area contributed by atoms with Crippen LogP contribution < -0.4 is 0 Å². The first-order valence-corrected chi connectivity index (χ1v) is 9.30. The second-order valence-electron chi connectivity index (χ2n) is 5.84. The Kier molecular flexibility index (Phi) is 5.21. The highest BCUT2D eigenvalue weighted by Gasteiger charge is 2.09. The van der Waals surface area contributed by atoms with Gasteiger partial charge in [-0.3, -0.25) is 0 Å². The Morgan fingerprint density at radius 3 is 2.04 bits per heavy atom. The molecule has 4 nitrogen and oxygen atoms in total. The molecule has 0 spiro atoms. The normalized spacial score (nSPS) is 11.3. The second kappa shape index (κ2) is 6.96. The quantitative estimate of drug-likeness (QED) is 0.789. The van der Waals surface area contributed by atoms with Gasteiger partial charge >= 0.3 is 5.97 Å². The van der Waals surface area contributed by atoms with Gasteiger partial charge in [0.05, 0.1) is 11.3 Å². The summed E-state index contributed by atoms with van der Waals surface area (Å²) in [7, 11) is -3.08. The number of hydrogen-bond donors (Lipinski definition) is 0. The molecule has 0 aliphatic heterocycles. The summed E-state index contributed by atoms with van der Waals surface area (Å²) in [5.74, 6) is -0.458. The minimum atomic E-state index is -3.08. The standard InChI is InChI=1S/C18H20O4S/c1-13-8-14(2)10-16(9-13)11-22-18(19)17-6-4-15(5-7-17)12-23(3,20)21/h4-10H,11-12H2,1-3H3. The minimum absolute atomic E-state index is 0.0368. The molecule has 2 rings (SSSR count). The third kappa shape index (κ3) is 5.53. The zero-order valence-corrected chi connectivity index (χ0v) is 14.3. The van der Waals surface area contributed by atoms with E-state index in [0.29, 0.717) is 11.1 Å². The van der Waals surface area contributed by atoms with Gasteiger partial charge in [-0.05, 0) is 37.1 Å². The fraction of sp³-hybridized carbons (Fsp3) is 0.278. The molecule has 0 amide bonds. The van der Waals surface area contributed by atoms with E-state index in [1.54, 1.807) is 24.3 Å². The van der Waals surface area contributed by atoms with Crippen LogP contribution in [0.25, 0.3) is 0 Å². The van der Waals surface area contributed by atoms with Crippen molar-refractivity contribution in [1.29, 1.82) is 0 Å². The molecule has 5 heteroatoms. The summed E-state index contributed by atoms with van der Waals surface area (Å²) in [5, 5.41) is 0. The summed E-state index contributed by atoms with van der Waals surface area (Å²) < 4.78 is 27.8. The number of benzene rings is 2. The molecule has 0 atom stereocenters. The highest BCUT2D eigenvalue weighted by Crippen LogP contribution is 2.13. The van der Waals surface area contributed by atoms with Gasteiger partial charge in [-0.15, -0.1) is 0 Å². The fourth-order valence-electron chi connectivity index (χ4n) is 2.42. The lowest BCUT2D eigenvalue weighted by atomic mass is 10.1. The Morgan fingerprint density at radius 2 is 1.52 bits per heavy atom. The van der Waals surface area contributed by atoms with Crippen molar-refractivity contribution in [2.45, 2.75) is 26.2 Å². The molecule has 0 saturated heterocycles. The van der Waals surface area contributed by atoms with Gasteiger partial charge in [-0.1, -0.05) is 41.5 Å². The van der Waals surface area contributed by atoms with Gasteiger partial charge in [0, 0.05) is 6.26 Å². The molecule has 2 aromatic rings. The third-order valence-electron chi connectivity index (χ3n) is 3.27. The third-order valence-corrected chi connectivity index (χ3v) is 4.13. The van der Waals surface area contributed by atoms with Gasteiger partial charge in [0.15, 0.2) is 9.84 Å². The average Bonchev–Trinajstić information content (AvgIpc) is 2.43. The van der Waals surface area contributed by atoms with Crippen molar-refractivity contribution in [2.24, 2.45) is 0 Å². The number of ether oxygens (including phenoxy) is 1. The van der Waals surface area contributed by atoms with E-state index < -0.39 is 15.8 Å². The molecule has 23 heavy (non-hydrogen) atoms. The van der Waals surface area contributed by atoms with Crippen molar-refractivity contribution in [1.82, 2.24) is 0 Å². The van der Waals surface area contributed by atoms with Crippen LogP contribution in [0.1, 0.15) is 32.6 Å². The van der Waals surface area contributed by atoms with Gasteiger partial charge in [-0.2, -0.15) is 0 Å². The van der Waals surface area contributed by atoms with Crippen LogP contribution in [-0.2, 0) is 26.9 Å². The van der Waals surface area contributed by atoms with Crippen LogP contribution in [0.5, 0.6) is 0 Å². The first kappa shape index (κ1) is 17.2. The number of esters is 1. The first-order valence-electron chi connectivity index (χ1n) is 7.24. The van der Waals surface area contributed by atoms with Crippen molar-refractivity contribution in [3.63, 3.8) is 0 Å². The predicted molar refractivity (Wildman–Crippen MR) is 90.0 cm³/mol. The molecule has 2 aromatic carbocycles. The van der Waals surface area contributed by atoms with Gasteiger partial charge < -0.3 is 4.74 Å². The molecule has 0 radical (unpaired) electrons. The lowest BCUT2D eigenvalue weighted by Gasteiger charge is -2.07. The average molecular weight is 332 g/mol. The van der Waals surface area contributed by atoms with Crippen LogP contribution in [0.15, 0.2) is 42.5 Å². The largest absolute Gasteiger partial charge is 0.457 e. The SMILES string of the molecule is Cc1cc(C)cc(COC(=O)c2ccc(CS(C)(=O)=O)cc2)c1. The number of aryl methyl sites for hydroxylation is 2. The maximum absolute atomic E-state index is 12.0. The van der Waals surface area contributed by atoms with Crippen molar-refractivity contribution in [3.05, 3.63) is 70.3 Å². The summed E-state index contributed by atoms with van der Waals surface area (Å²) in [6.07, 6.45) is 1.18. The smallest absolute Gasteiger partial charge is 0.338 e.